The van der Waals surface area contributed by atoms with E-state index in [9.17, 15) is 18.3 Å². The molecule has 0 heterocycles. The van der Waals surface area contributed by atoms with Crippen LogP contribution in [0.1, 0.15) is 28.4 Å². The van der Waals surface area contributed by atoms with Crippen LogP contribution in [0.15, 0.2) is 77.7 Å². The summed E-state index contributed by atoms with van der Waals surface area (Å²) in [5.41, 5.74) is 2.38. The molecule has 1 atom stereocenters. The van der Waals surface area contributed by atoms with E-state index >= 15 is 0 Å². The number of ether oxygens (including phenoxy) is 1. The summed E-state index contributed by atoms with van der Waals surface area (Å²) in [7, 11) is -2.14. The number of nitriles is 1. The summed E-state index contributed by atoms with van der Waals surface area (Å²) < 4.78 is 32.4. The van der Waals surface area contributed by atoms with Crippen molar-refractivity contribution in [2.45, 2.75) is 24.5 Å². The van der Waals surface area contributed by atoms with Crippen LogP contribution < -0.4 is 4.74 Å². The van der Waals surface area contributed by atoms with Gasteiger partial charge >= 0.3 is 5.97 Å². The molecule has 0 radical (unpaired) electrons. The lowest BCUT2D eigenvalue weighted by molar-refractivity contribution is -0.145. The minimum absolute atomic E-state index is 0.142. The van der Waals surface area contributed by atoms with Gasteiger partial charge in [-0.2, -0.15) is 9.57 Å². The minimum atomic E-state index is -3.64. The molecule has 0 aliphatic heterocycles. The molecule has 164 valence electrons. The lowest BCUT2D eigenvalue weighted by Crippen LogP contribution is -2.26. The maximum absolute atomic E-state index is 12.8. The normalized spacial score (nSPS) is 12.2. The Morgan fingerprint density at radius 1 is 1.09 bits per heavy atom. The van der Waals surface area contributed by atoms with Crippen molar-refractivity contribution < 1.29 is 23.1 Å². The summed E-state index contributed by atoms with van der Waals surface area (Å²) in [6, 6.07) is 21.4. The Hall–Kier alpha value is -3.67. The van der Waals surface area contributed by atoms with Gasteiger partial charge in [0.2, 0.25) is 16.1 Å². The van der Waals surface area contributed by atoms with Crippen LogP contribution >= 0.6 is 0 Å². The Morgan fingerprint density at radius 3 is 2.34 bits per heavy atom. The first-order valence-electron chi connectivity index (χ1n) is 9.72. The predicted octanol–water partition coefficient (Wildman–Crippen LogP) is 3.89. The van der Waals surface area contributed by atoms with Gasteiger partial charge < -0.3 is 9.84 Å². The number of carboxylic acid groups (broad SMARTS) is 1. The van der Waals surface area contributed by atoms with Crippen LogP contribution in [0.25, 0.3) is 0 Å². The molecule has 3 aromatic rings. The smallest absolute Gasteiger partial charge is 0.349 e. The topological polar surface area (TPSA) is 108 Å². The van der Waals surface area contributed by atoms with E-state index < -0.39 is 22.1 Å². The van der Waals surface area contributed by atoms with Gasteiger partial charge in [-0.3, -0.25) is 0 Å². The Balaban J connectivity index is 1.73. The van der Waals surface area contributed by atoms with Crippen molar-refractivity contribution in [1.29, 1.82) is 5.26 Å². The third kappa shape index (κ3) is 5.32. The molecule has 0 amide bonds. The first-order chi connectivity index (χ1) is 15.2. The molecule has 0 spiro atoms. The fourth-order valence-electron chi connectivity index (χ4n) is 3.07. The van der Waals surface area contributed by atoms with E-state index in [1.165, 1.54) is 17.4 Å². The summed E-state index contributed by atoms with van der Waals surface area (Å²) in [5.74, 6) is -0.874. The molecule has 1 N–H and O–H groups in total. The maximum atomic E-state index is 12.8. The minimum Gasteiger partial charge on any atom is -0.478 e. The molecule has 0 aliphatic carbocycles. The van der Waals surface area contributed by atoms with Crippen molar-refractivity contribution in [2.24, 2.45) is 0 Å². The number of rotatable bonds is 8. The number of hydrogen-bond acceptors (Lipinski definition) is 5. The molecule has 7 nitrogen and oxygen atoms in total. The predicted molar refractivity (Wildman–Crippen MR) is 118 cm³/mol. The molecule has 1 unspecified atom stereocenters. The summed E-state index contributed by atoms with van der Waals surface area (Å²) >= 11 is 0. The third-order valence-electron chi connectivity index (χ3n) is 4.85. The highest BCUT2D eigenvalue weighted by molar-refractivity contribution is 7.89. The summed E-state index contributed by atoms with van der Waals surface area (Å²) in [5, 5.41) is 18.6. The molecule has 3 aromatic carbocycles. The lowest BCUT2D eigenvalue weighted by Gasteiger charge is -2.18. The molecule has 32 heavy (non-hydrogen) atoms. The maximum Gasteiger partial charge on any atom is 0.349 e. The first kappa shape index (κ1) is 23.0. The number of carboxylic acids is 1. The van der Waals surface area contributed by atoms with E-state index in [1.54, 1.807) is 66.7 Å². The van der Waals surface area contributed by atoms with E-state index in [1.807, 2.05) is 13.0 Å². The second-order valence-corrected chi connectivity index (χ2v) is 9.34. The second-order valence-electron chi connectivity index (χ2n) is 7.29. The van der Waals surface area contributed by atoms with Crippen LogP contribution in [0, 0.1) is 18.3 Å². The van der Waals surface area contributed by atoms with Crippen LogP contribution in [0.2, 0.25) is 0 Å². The van der Waals surface area contributed by atoms with Crippen molar-refractivity contribution in [3.63, 3.8) is 0 Å². The Morgan fingerprint density at radius 2 is 1.75 bits per heavy atom. The number of hydrogen-bond donors (Lipinski definition) is 1. The number of aliphatic carboxylic acids is 1. The SMILES string of the molecule is Cc1ccc(S(=O)(=O)N(C)Cc2ccc(OC(C(=O)O)c3cccc(C#N)c3)cc2)cc1. The average molecular weight is 451 g/mol. The zero-order valence-corrected chi connectivity index (χ0v) is 18.4. The quantitative estimate of drug-likeness (QED) is 0.558. The number of carbonyl (C=O) groups is 1. The number of nitrogens with zero attached hydrogens (tertiary/aromatic N) is 2. The highest BCUT2D eigenvalue weighted by atomic mass is 32.2. The summed E-state index contributed by atoms with van der Waals surface area (Å²) in [6.45, 7) is 2.03. The largest absolute Gasteiger partial charge is 0.478 e. The molecule has 0 saturated carbocycles. The standard InChI is InChI=1S/C24H22N2O5S/c1-17-6-12-22(13-7-17)32(29,30)26(2)16-18-8-10-21(11-9-18)31-23(24(27)28)20-5-3-4-19(14-20)15-25/h3-14,23H,16H2,1-2H3,(H,27,28). The number of sulfonamides is 1. The van der Waals surface area contributed by atoms with Gasteiger partial charge in [0.25, 0.3) is 0 Å². The van der Waals surface area contributed by atoms with Crippen LogP contribution in [-0.2, 0) is 21.4 Å². The molecule has 0 bridgehead atoms. The third-order valence-corrected chi connectivity index (χ3v) is 6.67. The fourth-order valence-corrected chi connectivity index (χ4v) is 4.23. The van der Waals surface area contributed by atoms with E-state index in [-0.39, 0.29) is 11.4 Å². The van der Waals surface area contributed by atoms with Crippen molar-refractivity contribution in [2.75, 3.05) is 7.05 Å². The van der Waals surface area contributed by atoms with E-state index in [0.29, 0.717) is 22.4 Å². The molecule has 0 saturated heterocycles. The Kier molecular flexibility index (Phi) is 6.93. The van der Waals surface area contributed by atoms with Crippen LogP contribution in [0.3, 0.4) is 0 Å². The average Bonchev–Trinajstić information content (AvgIpc) is 2.78. The zero-order valence-electron chi connectivity index (χ0n) is 17.6. The van der Waals surface area contributed by atoms with Crippen LogP contribution in [0.4, 0.5) is 0 Å². The van der Waals surface area contributed by atoms with Crippen molar-refractivity contribution in [3.8, 4) is 11.8 Å². The van der Waals surface area contributed by atoms with Gasteiger partial charge in [-0.15, -0.1) is 0 Å². The molecule has 0 aromatic heterocycles. The highest BCUT2D eigenvalue weighted by Gasteiger charge is 2.23. The zero-order chi connectivity index (χ0) is 23.3. The van der Waals surface area contributed by atoms with Gasteiger partial charge in [0, 0.05) is 19.2 Å². The number of aryl methyl sites for hydroxylation is 1. The van der Waals surface area contributed by atoms with Gasteiger partial charge in [-0.05, 0) is 48.9 Å². The molecule has 3 rings (SSSR count). The monoisotopic (exact) mass is 450 g/mol. The second kappa shape index (κ2) is 9.64. The summed E-state index contributed by atoms with van der Waals surface area (Å²) in [6.07, 6.45) is -1.28. The first-order valence-corrected chi connectivity index (χ1v) is 11.2. The van der Waals surface area contributed by atoms with E-state index in [4.69, 9.17) is 10.00 Å². The van der Waals surface area contributed by atoms with Gasteiger partial charge in [0.15, 0.2) is 0 Å². The van der Waals surface area contributed by atoms with Crippen molar-refractivity contribution in [3.05, 3.63) is 95.1 Å². The molecular weight excluding hydrogens is 428 g/mol. The van der Waals surface area contributed by atoms with Gasteiger partial charge in [-0.1, -0.05) is 42.0 Å². The van der Waals surface area contributed by atoms with Crippen LogP contribution in [0.5, 0.6) is 5.75 Å². The van der Waals surface area contributed by atoms with Gasteiger partial charge in [0.05, 0.1) is 16.5 Å². The van der Waals surface area contributed by atoms with Crippen LogP contribution in [-0.4, -0.2) is 30.8 Å². The lowest BCUT2D eigenvalue weighted by atomic mass is 10.1. The highest BCUT2D eigenvalue weighted by Crippen LogP contribution is 2.24. The molecule has 0 fully saturated rings. The summed E-state index contributed by atoms with van der Waals surface area (Å²) in [4.78, 5) is 11.9. The number of benzene rings is 3. The van der Waals surface area contributed by atoms with Gasteiger partial charge in [-0.25, -0.2) is 13.2 Å². The molecule has 0 aliphatic rings. The van der Waals surface area contributed by atoms with Crippen molar-refractivity contribution in [1.82, 2.24) is 4.31 Å². The molecular formula is C24H22N2O5S. The van der Waals surface area contributed by atoms with E-state index in [0.717, 1.165) is 5.56 Å². The molecule has 8 heteroatoms. The van der Waals surface area contributed by atoms with Gasteiger partial charge in [0.1, 0.15) is 5.75 Å². The van der Waals surface area contributed by atoms with Crippen molar-refractivity contribution >= 4 is 16.0 Å². The fraction of sp³-hybridized carbons (Fsp3) is 0.167. The van der Waals surface area contributed by atoms with E-state index in [2.05, 4.69) is 0 Å². The Bertz CT molecular complexity index is 1250. The Labute approximate surface area is 187 Å².